The van der Waals surface area contributed by atoms with Gasteiger partial charge in [0, 0.05) is 37.9 Å². The molecule has 4 rings (SSSR count). The maximum Gasteiger partial charge on any atom is 0.244 e. The highest BCUT2D eigenvalue weighted by Gasteiger charge is 2.37. The summed E-state index contributed by atoms with van der Waals surface area (Å²) in [5, 5.41) is 0. The Hall–Kier alpha value is -2.22. The number of anilines is 1. The van der Waals surface area contributed by atoms with Gasteiger partial charge in [-0.3, -0.25) is 9.69 Å². The van der Waals surface area contributed by atoms with Crippen LogP contribution in [0.3, 0.4) is 0 Å². The van der Waals surface area contributed by atoms with Crippen LogP contribution in [0.1, 0.15) is 51.2 Å². The Labute approximate surface area is 198 Å². The van der Waals surface area contributed by atoms with Crippen LogP contribution in [0, 0.1) is 0 Å². The summed E-state index contributed by atoms with van der Waals surface area (Å²) < 4.78 is 27.9. The summed E-state index contributed by atoms with van der Waals surface area (Å²) in [6.07, 6.45) is 1.89. The Bertz CT molecular complexity index is 1090. The highest BCUT2D eigenvalue weighted by Crippen LogP contribution is 2.33. The van der Waals surface area contributed by atoms with Crippen LogP contribution in [0.2, 0.25) is 0 Å². The number of hydrogen-bond donors (Lipinski definition) is 0. The smallest absolute Gasteiger partial charge is 0.244 e. The zero-order valence-electron chi connectivity index (χ0n) is 20.1. The van der Waals surface area contributed by atoms with Crippen molar-refractivity contribution in [3.05, 3.63) is 59.7 Å². The lowest BCUT2D eigenvalue weighted by atomic mass is 9.99. The van der Waals surface area contributed by atoms with E-state index in [0.29, 0.717) is 37.0 Å². The molecular formula is C26H35N3O3S. The van der Waals surface area contributed by atoms with E-state index in [1.807, 2.05) is 42.2 Å². The topological polar surface area (TPSA) is 60.9 Å². The van der Waals surface area contributed by atoms with Crippen LogP contribution in [0.15, 0.2) is 53.4 Å². The van der Waals surface area contributed by atoms with Gasteiger partial charge in [0.05, 0.1) is 10.9 Å². The molecule has 1 saturated heterocycles. The Balaban J connectivity index is 1.40. The van der Waals surface area contributed by atoms with E-state index in [1.165, 1.54) is 5.56 Å². The van der Waals surface area contributed by atoms with E-state index < -0.39 is 10.0 Å². The van der Waals surface area contributed by atoms with Gasteiger partial charge < -0.3 is 4.90 Å². The van der Waals surface area contributed by atoms with Gasteiger partial charge in [-0.1, -0.05) is 44.2 Å². The second kappa shape index (κ2) is 9.57. The minimum atomic E-state index is -3.53. The second-order valence-electron chi connectivity index (χ2n) is 9.38. The highest BCUT2D eigenvalue weighted by molar-refractivity contribution is 7.89. The van der Waals surface area contributed by atoms with E-state index in [4.69, 9.17) is 0 Å². The van der Waals surface area contributed by atoms with Gasteiger partial charge in [0.25, 0.3) is 0 Å². The molecule has 33 heavy (non-hydrogen) atoms. The third kappa shape index (κ3) is 4.59. The predicted octanol–water partition coefficient (Wildman–Crippen LogP) is 3.87. The van der Waals surface area contributed by atoms with E-state index in [9.17, 15) is 13.2 Å². The fourth-order valence-electron chi connectivity index (χ4n) is 4.94. The van der Waals surface area contributed by atoms with Gasteiger partial charge in [-0.05, 0) is 61.9 Å². The number of carbonyl (C=O) groups is 1. The van der Waals surface area contributed by atoms with Crippen molar-refractivity contribution in [1.82, 2.24) is 9.21 Å². The molecule has 0 radical (unpaired) electrons. The lowest BCUT2D eigenvalue weighted by Crippen LogP contribution is -2.56. The van der Waals surface area contributed by atoms with Gasteiger partial charge >= 0.3 is 0 Å². The Morgan fingerprint density at radius 3 is 2.27 bits per heavy atom. The van der Waals surface area contributed by atoms with E-state index >= 15 is 0 Å². The van der Waals surface area contributed by atoms with Gasteiger partial charge in [0.2, 0.25) is 15.9 Å². The number of para-hydroxylation sites is 1. The van der Waals surface area contributed by atoms with Crippen LogP contribution in [0.5, 0.6) is 0 Å². The third-order valence-corrected chi connectivity index (χ3v) is 9.24. The van der Waals surface area contributed by atoms with E-state index in [1.54, 1.807) is 16.4 Å². The summed E-state index contributed by atoms with van der Waals surface area (Å²) in [5.74, 6) is 0.499. The number of sulfonamides is 1. The van der Waals surface area contributed by atoms with E-state index in [-0.39, 0.29) is 18.0 Å². The first kappa shape index (κ1) is 23.9. The summed E-state index contributed by atoms with van der Waals surface area (Å²) in [7, 11) is -3.53. The average Bonchev–Trinajstić information content (AvgIpc) is 3.18. The lowest BCUT2D eigenvalue weighted by molar-refractivity contribution is -0.124. The van der Waals surface area contributed by atoms with Gasteiger partial charge in [-0.15, -0.1) is 0 Å². The predicted molar refractivity (Wildman–Crippen MR) is 132 cm³/mol. The average molecular weight is 470 g/mol. The van der Waals surface area contributed by atoms with Gasteiger partial charge in [-0.25, -0.2) is 8.42 Å². The largest absolute Gasteiger partial charge is 0.308 e. The molecule has 2 aliphatic rings. The molecule has 0 saturated carbocycles. The molecule has 0 aliphatic carbocycles. The number of amides is 1. The molecule has 3 atom stereocenters. The van der Waals surface area contributed by atoms with Crippen LogP contribution < -0.4 is 4.90 Å². The normalized spacial score (nSPS) is 21.6. The zero-order chi connectivity index (χ0) is 23.8. The van der Waals surface area contributed by atoms with Crippen molar-refractivity contribution in [2.24, 2.45) is 0 Å². The van der Waals surface area contributed by atoms with Gasteiger partial charge in [0.1, 0.15) is 0 Å². The fraction of sp³-hybridized carbons (Fsp3) is 0.500. The molecule has 0 unspecified atom stereocenters. The molecule has 178 valence electrons. The zero-order valence-corrected chi connectivity index (χ0v) is 20.9. The Morgan fingerprint density at radius 1 is 1.00 bits per heavy atom. The first-order valence-electron chi connectivity index (χ1n) is 12.0. The number of carbonyl (C=O) groups excluding carboxylic acids is 1. The van der Waals surface area contributed by atoms with Crippen molar-refractivity contribution in [2.75, 3.05) is 31.1 Å². The van der Waals surface area contributed by atoms with Crippen molar-refractivity contribution in [3.8, 4) is 0 Å². The number of rotatable bonds is 6. The van der Waals surface area contributed by atoms with Crippen molar-refractivity contribution in [1.29, 1.82) is 0 Å². The molecule has 1 fully saturated rings. The van der Waals surface area contributed by atoms with Crippen LogP contribution >= 0.6 is 0 Å². The van der Waals surface area contributed by atoms with Crippen LogP contribution in [0.4, 0.5) is 5.69 Å². The van der Waals surface area contributed by atoms with Crippen molar-refractivity contribution in [2.45, 2.75) is 63.4 Å². The standard InChI is InChI=1S/C26H35N3O3S/c1-5-19(2)22-10-12-24(13-11-22)33(31,32)28-16-14-27(15-17-28)21(4)26(30)29-20(3)18-23-8-6-7-9-25(23)29/h6-13,19-21H,5,14-18H2,1-4H3/t19-,20-,21-/m0/s1. The van der Waals surface area contributed by atoms with Crippen molar-refractivity contribution < 1.29 is 13.2 Å². The summed E-state index contributed by atoms with van der Waals surface area (Å²) in [4.78, 5) is 17.7. The highest BCUT2D eigenvalue weighted by atomic mass is 32.2. The molecule has 6 nitrogen and oxygen atoms in total. The number of hydrogen-bond acceptors (Lipinski definition) is 4. The molecular weight excluding hydrogens is 434 g/mol. The first-order chi connectivity index (χ1) is 15.7. The summed E-state index contributed by atoms with van der Waals surface area (Å²) >= 11 is 0. The molecule has 7 heteroatoms. The summed E-state index contributed by atoms with van der Waals surface area (Å²) in [5.41, 5.74) is 3.37. The Kier molecular flexibility index (Phi) is 6.93. The van der Waals surface area contributed by atoms with Crippen molar-refractivity contribution >= 4 is 21.6 Å². The molecule has 0 bridgehead atoms. The lowest BCUT2D eigenvalue weighted by Gasteiger charge is -2.38. The van der Waals surface area contributed by atoms with Gasteiger partial charge in [-0.2, -0.15) is 4.31 Å². The van der Waals surface area contributed by atoms with Crippen LogP contribution in [-0.4, -0.2) is 61.8 Å². The molecule has 2 aromatic rings. The first-order valence-corrected chi connectivity index (χ1v) is 13.4. The summed E-state index contributed by atoms with van der Waals surface area (Å²) in [6.45, 7) is 10.2. The van der Waals surface area contributed by atoms with Crippen LogP contribution in [0.25, 0.3) is 0 Å². The number of benzene rings is 2. The molecule has 1 amide bonds. The minimum Gasteiger partial charge on any atom is -0.308 e. The quantitative estimate of drug-likeness (QED) is 0.644. The number of piperazine rings is 1. The summed E-state index contributed by atoms with van der Waals surface area (Å²) in [6, 6.07) is 15.2. The molecule has 2 aromatic carbocycles. The Morgan fingerprint density at radius 2 is 1.64 bits per heavy atom. The maximum atomic E-state index is 13.4. The number of fused-ring (bicyclic) bond motifs is 1. The fourth-order valence-corrected chi connectivity index (χ4v) is 6.37. The molecule has 0 aromatic heterocycles. The monoisotopic (exact) mass is 469 g/mol. The van der Waals surface area contributed by atoms with Crippen molar-refractivity contribution in [3.63, 3.8) is 0 Å². The maximum absolute atomic E-state index is 13.4. The van der Waals surface area contributed by atoms with E-state index in [0.717, 1.165) is 24.1 Å². The third-order valence-electron chi connectivity index (χ3n) is 7.32. The molecule has 0 N–H and O–H groups in total. The minimum absolute atomic E-state index is 0.0874. The number of nitrogens with zero attached hydrogens (tertiary/aromatic N) is 3. The molecule has 0 spiro atoms. The van der Waals surface area contributed by atoms with Gasteiger partial charge in [0.15, 0.2) is 0 Å². The molecule has 2 heterocycles. The van der Waals surface area contributed by atoms with Crippen LogP contribution in [-0.2, 0) is 21.2 Å². The molecule has 2 aliphatic heterocycles. The SMILES string of the molecule is CC[C@H](C)c1ccc(S(=O)(=O)N2CCN([C@@H](C)C(=O)N3c4ccccc4C[C@@H]3C)CC2)cc1. The van der Waals surface area contributed by atoms with E-state index in [2.05, 4.69) is 31.7 Å². The second-order valence-corrected chi connectivity index (χ2v) is 11.3.